The number of hydrogen-bond acceptors (Lipinski definition) is 3. The first-order valence-corrected chi connectivity index (χ1v) is 9.53. The van der Waals surface area contributed by atoms with E-state index in [1.54, 1.807) is 0 Å². The number of halogens is 6. The standard InChI is InChI=1S/C22H11ClF5N3O2/c23-15-3-1-9(6-14(15)22(26,27)28)10-5-12-13(8-31-21(12)30-7-10)19(32)17-16(24)4-2-11(18(17)25)20(29)33/h1-8H,(H2,29,33)(H,30,31). The van der Waals surface area contributed by atoms with Crippen LogP contribution in [0.15, 0.2) is 48.8 Å². The lowest BCUT2D eigenvalue weighted by Gasteiger charge is -2.11. The molecule has 2 heterocycles. The Morgan fingerprint density at radius 2 is 1.73 bits per heavy atom. The number of amides is 1. The number of carbonyl (C=O) groups excluding carboxylic acids is 2. The quantitative estimate of drug-likeness (QED) is 0.299. The highest BCUT2D eigenvalue weighted by atomic mass is 35.5. The second-order valence-corrected chi connectivity index (χ2v) is 7.40. The lowest BCUT2D eigenvalue weighted by atomic mass is 9.98. The minimum absolute atomic E-state index is 0.101. The Morgan fingerprint density at radius 1 is 1.00 bits per heavy atom. The molecule has 0 saturated carbocycles. The number of hydrogen-bond donors (Lipinski definition) is 2. The van der Waals surface area contributed by atoms with Crippen molar-refractivity contribution in [3.05, 3.63) is 87.7 Å². The molecular weight excluding hydrogens is 469 g/mol. The summed E-state index contributed by atoms with van der Waals surface area (Å²) in [4.78, 5) is 31.1. The van der Waals surface area contributed by atoms with Gasteiger partial charge in [0.2, 0.25) is 5.78 Å². The molecule has 5 nitrogen and oxygen atoms in total. The summed E-state index contributed by atoms with van der Waals surface area (Å²) in [7, 11) is 0. The molecule has 0 fully saturated rings. The molecule has 4 rings (SSSR count). The average Bonchev–Trinajstić information content (AvgIpc) is 3.16. The van der Waals surface area contributed by atoms with Gasteiger partial charge in [-0.25, -0.2) is 13.8 Å². The maximum atomic E-state index is 14.7. The van der Waals surface area contributed by atoms with Crippen molar-refractivity contribution in [1.29, 1.82) is 0 Å². The zero-order chi connectivity index (χ0) is 24.1. The summed E-state index contributed by atoms with van der Waals surface area (Å²) >= 11 is 5.66. The van der Waals surface area contributed by atoms with Crippen molar-refractivity contribution in [2.24, 2.45) is 5.73 Å². The number of carbonyl (C=O) groups is 2. The van der Waals surface area contributed by atoms with Gasteiger partial charge in [-0.1, -0.05) is 17.7 Å². The summed E-state index contributed by atoms with van der Waals surface area (Å²) in [6, 6.07) is 6.15. The zero-order valence-electron chi connectivity index (χ0n) is 16.2. The smallest absolute Gasteiger partial charge is 0.366 e. The highest BCUT2D eigenvalue weighted by molar-refractivity contribution is 6.31. The number of alkyl halides is 3. The van der Waals surface area contributed by atoms with E-state index in [0.717, 1.165) is 30.5 Å². The molecule has 3 N–H and O–H groups in total. The minimum atomic E-state index is -4.69. The first-order valence-electron chi connectivity index (χ1n) is 9.15. The number of pyridine rings is 1. The van der Waals surface area contributed by atoms with E-state index in [4.69, 9.17) is 17.3 Å². The van der Waals surface area contributed by atoms with E-state index in [1.807, 2.05) is 0 Å². The Labute approximate surface area is 187 Å². The number of primary amides is 1. The van der Waals surface area contributed by atoms with Crippen LogP contribution in [0.25, 0.3) is 22.2 Å². The fraction of sp³-hybridized carbons (Fsp3) is 0.0455. The van der Waals surface area contributed by atoms with E-state index in [2.05, 4.69) is 9.97 Å². The molecule has 11 heteroatoms. The van der Waals surface area contributed by atoms with Crippen molar-refractivity contribution >= 4 is 34.3 Å². The van der Waals surface area contributed by atoms with E-state index < -0.39 is 51.2 Å². The molecule has 0 unspecified atom stereocenters. The SMILES string of the molecule is NC(=O)c1ccc(F)c(C(=O)c2c[nH]c3ncc(-c4ccc(Cl)c(C(F)(F)F)c4)cc23)c1F. The van der Waals surface area contributed by atoms with Gasteiger partial charge in [0.1, 0.15) is 17.3 Å². The highest BCUT2D eigenvalue weighted by Crippen LogP contribution is 2.37. The third-order valence-electron chi connectivity index (χ3n) is 4.96. The van der Waals surface area contributed by atoms with Crippen LogP contribution in [0.4, 0.5) is 22.0 Å². The first-order chi connectivity index (χ1) is 15.5. The fourth-order valence-corrected chi connectivity index (χ4v) is 3.58. The maximum Gasteiger partial charge on any atom is 0.417 e. The minimum Gasteiger partial charge on any atom is -0.366 e. The number of H-pyrrole nitrogens is 1. The van der Waals surface area contributed by atoms with Crippen LogP contribution in [0.5, 0.6) is 0 Å². The zero-order valence-corrected chi connectivity index (χ0v) is 17.0. The lowest BCUT2D eigenvalue weighted by molar-refractivity contribution is -0.137. The molecule has 168 valence electrons. The molecule has 4 aromatic rings. The molecule has 0 aliphatic rings. The van der Waals surface area contributed by atoms with Gasteiger partial charge in [0.05, 0.1) is 21.7 Å². The molecule has 2 aromatic heterocycles. The fourth-order valence-electron chi connectivity index (χ4n) is 3.36. The van der Waals surface area contributed by atoms with Gasteiger partial charge >= 0.3 is 6.18 Å². The summed E-state index contributed by atoms with van der Waals surface area (Å²) in [6.45, 7) is 0. The van der Waals surface area contributed by atoms with Gasteiger partial charge in [0.25, 0.3) is 5.91 Å². The summed E-state index contributed by atoms with van der Waals surface area (Å²) in [6.07, 6.45) is -2.27. The van der Waals surface area contributed by atoms with Gasteiger partial charge in [-0.05, 0) is 35.9 Å². The summed E-state index contributed by atoms with van der Waals surface area (Å²) in [5.74, 6) is -4.93. The predicted octanol–water partition coefficient (Wildman–Crippen LogP) is 5.51. The van der Waals surface area contributed by atoms with Crippen LogP contribution in [0, 0.1) is 11.6 Å². The second-order valence-electron chi connectivity index (χ2n) is 6.99. The first kappa shape index (κ1) is 22.4. The third-order valence-corrected chi connectivity index (χ3v) is 5.29. The molecule has 0 saturated heterocycles. The molecule has 0 aliphatic carbocycles. The largest absolute Gasteiger partial charge is 0.417 e. The molecule has 2 aromatic carbocycles. The Morgan fingerprint density at radius 3 is 2.39 bits per heavy atom. The lowest BCUT2D eigenvalue weighted by Crippen LogP contribution is -2.17. The molecule has 0 spiro atoms. The van der Waals surface area contributed by atoms with Crippen LogP contribution >= 0.6 is 11.6 Å². The van der Waals surface area contributed by atoms with Crippen molar-refractivity contribution in [2.75, 3.05) is 0 Å². The van der Waals surface area contributed by atoms with Crippen LogP contribution in [0.2, 0.25) is 5.02 Å². The molecule has 0 aliphatic heterocycles. The van der Waals surface area contributed by atoms with Crippen molar-refractivity contribution < 1.29 is 31.5 Å². The van der Waals surface area contributed by atoms with Crippen molar-refractivity contribution in [2.45, 2.75) is 6.18 Å². The number of rotatable bonds is 4. The van der Waals surface area contributed by atoms with Crippen molar-refractivity contribution in [3.8, 4) is 11.1 Å². The second kappa shape index (κ2) is 7.96. The van der Waals surface area contributed by atoms with Gasteiger partial charge in [-0.15, -0.1) is 0 Å². The van der Waals surface area contributed by atoms with Crippen molar-refractivity contribution in [3.63, 3.8) is 0 Å². The number of ketones is 1. The Balaban J connectivity index is 1.85. The number of nitrogens with two attached hydrogens (primary N) is 1. The Hall–Kier alpha value is -3.79. The molecular formula is C22H11ClF5N3O2. The average molecular weight is 480 g/mol. The third kappa shape index (κ3) is 3.93. The van der Waals surface area contributed by atoms with Crippen LogP contribution in [0.3, 0.4) is 0 Å². The van der Waals surface area contributed by atoms with Crippen LogP contribution in [-0.2, 0) is 6.18 Å². The number of aromatic amines is 1. The van der Waals surface area contributed by atoms with E-state index in [-0.39, 0.29) is 27.7 Å². The summed E-state index contributed by atoms with van der Waals surface area (Å²) < 4.78 is 68.6. The topological polar surface area (TPSA) is 88.8 Å². The van der Waals surface area contributed by atoms with E-state index in [1.165, 1.54) is 18.3 Å². The highest BCUT2D eigenvalue weighted by Gasteiger charge is 2.33. The van der Waals surface area contributed by atoms with Crippen LogP contribution in [0.1, 0.15) is 31.8 Å². The van der Waals surface area contributed by atoms with Gasteiger partial charge in [0.15, 0.2) is 0 Å². The van der Waals surface area contributed by atoms with Gasteiger partial charge < -0.3 is 10.7 Å². The summed E-state index contributed by atoms with van der Waals surface area (Å²) in [5, 5.41) is -0.387. The van der Waals surface area contributed by atoms with Crippen molar-refractivity contribution in [1.82, 2.24) is 9.97 Å². The molecule has 0 bridgehead atoms. The van der Waals surface area contributed by atoms with Gasteiger partial charge in [-0.3, -0.25) is 9.59 Å². The van der Waals surface area contributed by atoms with Gasteiger partial charge in [-0.2, -0.15) is 13.2 Å². The number of fused-ring (bicyclic) bond motifs is 1. The normalized spacial score (nSPS) is 11.7. The summed E-state index contributed by atoms with van der Waals surface area (Å²) in [5.41, 5.74) is 2.59. The Bertz CT molecular complexity index is 1450. The van der Waals surface area contributed by atoms with Gasteiger partial charge in [0, 0.05) is 28.9 Å². The van der Waals surface area contributed by atoms with E-state index in [9.17, 15) is 31.5 Å². The number of nitrogens with one attached hydrogen (secondary N) is 1. The number of nitrogens with zero attached hydrogens (tertiary/aromatic N) is 1. The molecule has 33 heavy (non-hydrogen) atoms. The molecule has 0 radical (unpaired) electrons. The van der Waals surface area contributed by atoms with E-state index in [0.29, 0.717) is 0 Å². The molecule has 1 amide bonds. The predicted molar refractivity (Wildman–Crippen MR) is 110 cm³/mol. The maximum absolute atomic E-state index is 14.7. The number of aromatic nitrogens is 2. The van der Waals surface area contributed by atoms with Crippen LogP contribution < -0.4 is 5.73 Å². The molecule has 0 atom stereocenters. The van der Waals surface area contributed by atoms with E-state index >= 15 is 0 Å². The number of benzene rings is 2. The Kier molecular flexibility index (Phi) is 5.41. The van der Waals surface area contributed by atoms with Crippen LogP contribution in [-0.4, -0.2) is 21.7 Å². The monoisotopic (exact) mass is 479 g/mol.